The summed E-state index contributed by atoms with van der Waals surface area (Å²) < 4.78 is 68.8. The highest BCUT2D eigenvalue weighted by atomic mass is 32.2. The van der Waals surface area contributed by atoms with Crippen molar-refractivity contribution in [2.45, 2.75) is 63.4 Å². The minimum Gasteiger partial charge on any atom is -0.375 e. The molecule has 0 amide bonds. The van der Waals surface area contributed by atoms with Gasteiger partial charge in [-0.2, -0.15) is 18.2 Å². The second kappa shape index (κ2) is 11.8. The van der Waals surface area contributed by atoms with Crippen LogP contribution in [0, 0.1) is 0 Å². The fourth-order valence-electron chi connectivity index (χ4n) is 3.99. The number of rotatable bonds is 7. The molecule has 3 aliphatic rings. The van der Waals surface area contributed by atoms with E-state index >= 15 is 0 Å². The lowest BCUT2D eigenvalue weighted by atomic mass is 9.92. The summed E-state index contributed by atoms with van der Waals surface area (Å²) >= 11 is 0. The summed E-state index contributed by atoms with van der Waals surface area (Å²) in [5, 5.41) is 10.4. The molecular weight excluding hydrogens is 491 g/mol. The van der Waals surface area contributed by atoms with Gasteiger partial charge in [0.2, 0.25) is 16.0 Å². The molecule has 35 heavy (non-hydrogen) atoms. The van der Waals surface area contributed by atoms with Gasteiger partial charge in [0.25, 0.3) is 0 Å². The van der Waals surface area contributed by atoms with E-state index in [1.165, 1.54) is 7.05 Å². The number of hydrogen-bond donors (Lipinski definition) is 3. The first-order chi connectivity index (χ1) is 16.4. The Morgan fingerprint density at radius 1 is 1.34 bits per heavy atom. The Hall–Kier alpha value is -2.07. The number of hydrazine groups is 1. The van der Waals surface area contributed by atoms with Gasteiger partial charge in [0.05, 0.1) is 36.5 Å². The van der Waals surface area contributed by atoms with Crippen LogP contribution in [0.4, 0.5) is 13.2 Å². The summed E-state index contributed by atoms with van der Waals surface area (Å²) in [7, 11) is -2.59. The van der Waals surface area contributed by atoms with Crippen LogP contribution < -0.4 is 10.1 Å². The van der Waals surface area contributed by atoms with Crippen LogP contribution in [0.5, 0.6) is 0 Å². The molecule has 0 bridgehead atoms. The standard InChI is InChI=1S/C20H32F3N7O4S/c1-14-12-30(8-9-34-14)13-15-11-24-19(26-18(15)27-29(2)31)25-16-3-5-17(6-4-16)28-35(32,33)10-7-20(21,22)23/h11,13-14,16-17,28,31H,3-10,12H2,1-2H3,(H,25,26,27)/b15-13+/t14-,16?,17?/m0/s1. The van der Waals surface area contributed by atoms with E-state index in [1.54, 1.807) is 6.21 Å². The molecule has 3 rings (SSSR count). The summed E-state index contributed by atoms with van der Waals surface area (Å²) in [5.41, 5.74) is 3.40. The topological polar surface area (TPSA) is 131 Å². The summed E-state index contributed by atoms with van der Waals surface area (Å²) in [6.45, 7) is 4.02. The maximum atomic E-state index is 12.3. The molecule has 0 radical (unpaired) electrons. The Labute approximate surface area is 202 Å². The molecule has 0 aromatic carbocycles. The van der Waals surface area contributed by atoms with Crippen LogP contribution in [0.25, 0.3) is 0 Å². The molecule has 0 aromatic heterocycles. The van der Waals surface area contributed by atoms with Crippen molar-refractivity contribution in [2.75, 3.05) is 32.5 Å². The van der Waals surface area contributed by atoms with Crippen LogP contribution in [-0.4, -0.2) is 98.6 Å². The van der Waals surface area contributed by atoms with E-state index in [-0.39, 0.29) is 18.1 Å². The van der Waals surface area contributed by atoms with E-state index in [2.05, 4.69) is 30.0 Å². The molecule has 0 aromatic rings. The molecule has 1 aliphatic carbocycles. The molecular formula is C20H32F3N7O4S. The van der Waals surface area contributed by atoms with E-state index in [0.29, 0.717) is 56.8 Å². The van der Waals surface area contributed by atoms with E-state index in [1.807, 2.05) is 13.1 Å². The number of hydrogen-bond acceptors (Lipinski definition) is 8. The van der Waals surface area contributed by atoms with Crippen LogP contribution in [0.2, 0.25) is 0 Å². The minimum atomic E-state index is -4.52. The zero-order chi connectivity index (χ0) is 25.6. The third-order valence-electron chi connectivity index (χ3n) is 5.66. The number of nitrogens with zero attached hydrogens (tertiary/aromatic N) is 5. The van der Waals surface area contributed by atoms with E-state index in [9.17, 15) is 26.8 Å². The number of hydroxylamine groups is 1. The highest BCUT2D eigenvalue weighted by Gasteiger charge is 2.31. The largest absolute Gasteiger partial charge is 0.390 e. The molecule has 2 aliphatic heterocycles. The van der Waals surface area contributed by atoms with Gasteiger partial charge in [-0.25, -0.2) is 23.1 Å². The average Bonchev–Trinajstić information content (AvgIpc) is 2.75. The molecule has 1 saturated heterocycles. The van der Waals surface area contributed by atoms with Gasteiger partial charge in [0, 0.05) is 38.6 Å². The van der Waals surface area contributed by atoms with Gasteiger partial charge >= 0.3 is 6.18 Å². The van der Waals surface area contributed by atoms with Crippen molar-refractivity contribution < 1.29 is 31.5 Å². The number of amidine groups is 1. The molecule has 3 N–H and O–H groups in total. The molecule has 2 fully saturated rings. The summed E-state index contributed by atoms with van der Waals surface area (Å²) in [4.78, 5) is 15.4. The minimum absolute atomic E-state index is 0.0939. The molecule has 1 atom stereocenters. The second-order valence-electron chi connectivity index (χ2n) is 8.85. The van der Waals surface area contributed by atoms with Crippen LogP contribution in [0.15, 0.2) is 26.8 Å². The Morgan fingerprint density at radius 2 is 2.06 bits per heavy atom. The van der Waals surface area contributed by atoms with Crippen molar-refractivity contribution >= 4 is 28.0 Å². The van der Waals surface area contributed by atoms with Crippen LogP contribution in [0.3, 0.4) is 0 Å². The predicted molar refractivity (Wildman–Crippen MR) is 125 cm³/mol. The Kier molecular flexibility index (Phi) is 9.26. The number of alkyl halides is 3. The van der Waals surface area contributed by atoms with Crippen molar-refractivity contribution in [3.8, 4) is 0 Å². The summed E-state index contributed by atoms with van der Waals surface area (Å²) in [6.07, 6.45) is -0.314. The van der Waals surface area contributed by atoms with Crippen LogP contribution in [0.1, 0.15) is 39.0 Å². The lowest BCUT2D eigenvalue weighted by Crippen LogP contribution is -2.42. The summed E-state index contributed by atoms with van der Waals surface area (Å²) in [6, 6.07) is -0.575. The van der Waals surface area contributed by atoms with E-state index < -0.39 is 34.4 Å². The first-order valence-electron chi connectivity index (χ1n) is 11.4. The third-order valence-corrected chi connectivity index (χ3v) is 7.10. The van der Waals surface area contributed by atoms with Crippen molar-refractivity contribution in [2.24, 2.45) is 15.0 Å². The molecule has 11 nitrogen and oxygen atoms in total. The molecule has 15 heteroatoms. The van der Waals surface area contributed by atoms with Gasteiger partial charge in [-0.05, 0) is 32.6 Å². The van der Waals surface area contributed by atoms with Crippen LogP contribution >= 0.6 is 0 Å². The second-order valence-corrected chi connectivity index (χ2v) is 10.7. The van der Waals surface area contributed by atoms with Crippen molar-refractivity contribution in [3.63, 3.8) is 0 Å². The number of morpholine rings is 1. The lowest BCUT2D eigenvalue weighted by molar-refractivity contribution is -0.130. The highest BCUT2D eigenvalue weighted by molar-refractivity contribution is 7.89. The Bertz CT molecular complexity index is 958. The maximum absolute atomic E-state index is 12.3. The Balaban J connectivity index is 1.59. The molecule has 2 heterocycles. The summed E-state index contributed by atoms with van der Waals surface area (Å²) in [5.74, 6) is -0.388. The number of guanidine groups is 1. The third kappa shape index (κ3) is 9.48. The van der Waals surface area contributed by atoms with Gasteiger partial charge in [0.1, 0.15) is 0 Å². The smallest absolute Gasteiger partial charge is 0.375 e. The number of halogens is 3. The number of ether oxygens (including phenoxy) is 1. The van der Waals surface area contributed by atoms with Gasteiger partial charge in [-0.1, -0.05) is 0 Å². The number of aliphatic imine (C=N–C) groups is 3. The van der Waals surface area contributed by atoms with Crippen molar-refractivity contribution in [3.05, 3.63) is 11.8 Å². The van der Waals surface area contributed by atoms with Gasteiger partial charge < -0.3 is 9.64 Å². The zero-order valence-corrected chi connectivity index (χ0v) is 20.5. The molecule has 0 unspecified atom stereocenters. The highest BCUT2D eigenvalue weighted by Crippen LogP contribution is 2.24. The van der Waals surface area contributed by atoms with Crippen molar-refractivity contribution in [1.82, 2.24) is 20.2 Å². The van der Waals surface area contributed by atoms with E-state index in [0.717, 1.165) is 5.17 Å². The van der Waals surface area contributed by atoms with Gasteiger partial charge in [-0.3, -0.25) is 10.6 Å². The SMILES string of the molecule is C[C@H]1CN(/C=C2\C=NC(=NC3CCC(NS(=O)(=O)CCC(F)(F)F)CC3)N=C2NN(C)O)CCO1. The first kappa shape index (κ1) is 27.5. The van der Waals surface area contributed by atoms with E-state index in [4.69, 9.17) is 4.74 Å². The first-order valence-corrected chi connectivity index (χ1v) is 13.1. The fourth-order valence-corrected chi connectivity index (χ4v) is 5.35. The van der Waals surface area contributed by atoms with Gasteiger partial charge in [0.15, 0.2) is 5.84 Å². The molecule has 0 spiro atoms. The number of nitrogens with one attached hydrogen (secondary N) is 2. The quantitative estimate of drug-likeness (QED) is 0.431. The Morgan fingerprint density at radius 3 is 2.69 bits per heavy atom. The lowest BCUT2D eigenvalue weighted by Gasteiger charge is -2.31. The van der Waals surface area contributed by atoms with Crippen molar-refractivity contribution in [1.29, 1.82) is 0 Å². The maximum Gasteiger partial charge on any atom is 0.390 e. The monoisotopic (exact) mass is 523 g/mol. The average molecular weight is 524 g/mol. The van der Waals surface area contributed by atoms with Crippen LogP contribution in [-0.2, 0) is 14.8 Å². The predicted octanol–water partition coefficient (Wildman–Crippen LogP) is 1.44. The normalized spacial score (nSPS) is 28.6. The number of sulfonamides is 1. The molecule has 198 valence electrons. The fraction of sp³-hybridized carbons (Fsp3) is 0.750. The van der Waals surface area contributed by atoms with Gasteiger partial charge in [-0.15, -0.1) is 5.17 Å². The zero-order valence-electron chi connectivity index (χ0n) is 19.7. The molecule has 1 saturated carbocycles.